The first kappa shape index (κ1) is 22.1. The standard InChI is InChI=1S/C17H8Cl2F2N4O2S.C2H6/c18-12-3-2-9(28(19)26)6-10(12)15-11-7-22-17(23-16(11)25-24-15)27-14-4-1-8(20)5-13(14)21;1-2/h1-7H,(H,22,23,24,25);1-2H3. The van der Waals surface area contributed by atoms with Crippen molar-refractivity contribution < 1.29 is 17.7 Å². The number of fused-ring (bicyclic) bond motifs is 1. The second-order valence-electron chi connectivity index (χ2n) is 5.53. The molecule has 156 valence electrons. The Morgan fingerprint density at radius 3 is 2.60 bits per heavy atom. The molecule has 0 radical (unpaired) electrons. The lowest BCUT2D eigenvalue weighted by Crippen LogP contribution is -1.94. The smallest absolute Gasteiger partial charge is 0.324 e. The molecule has 2 aromatic carbocycles. The molecule has 11 heteroatoms. The van der Waals surface area contributed by atoms with Crippen LogP contribution in [0.25, 0.3) is 22.3 Å². The summed E-state index contributed by atoms with van der Waals surface area (Å²) < 4.78 is 43.5. The molecule has 1 N–H and O–H groups in total. The summed E-state index contributed by atoms with van der Waals surface area (Å²) in [4.78, 5) is 8.50. The number of nitrogens with zero attached hydrogens (tertiary/aromatic N) is 3. The molecule has 0 aliphatic rings. The van der Waals surface area contributed by atoms with Crippen LogP contribution in [-0.2, 0) is 10.0 Å². The Morgan fingerprint density at radius 2 is 1.90 bits per heavy atom. The molecule has 0 aliphatic heterocycles. The Balaban J connectivity index is 0.00000124. The van der Waals surface area contributed by atoms with Crippen LogP contribution < -0.4 is 4.74 Å². The van der Waals surface area contributed by atoms with Gasteiger partial charge in [-0.25, -0.2) is 18.0 Å². The Bertz CT molecular complexity index is 1240. The van der Waals surface area contributed by atoms with Crippen molar-refractivity contribution in [1.82, 2.24) is 20.2 Å². The zero-order valence-electron chi connectivity index (χ0n) is 15.6. The second kappa shape index (κ2) is 9.46. The van der Waals surface area contributed by atoms with Crippen LogP contribution >= 0.6 is 22.3 Å². The minimum Gasteiger partial charge on any atom is -0.421 e. The van der Waals surface area contributed by atoms with Gasteiger partial charge < -0.3 is 4.74 Å². The predicted octanol–water partition coefficient (Wildman–Crippen LogP) is 6.03. The van der Waals surface area contributed by atoms with E-state index in [1.165, 1.54) is 6.20 Å². The Kier molecular flexibility index (Phi) is 6.96. The number of ether oxygens (including phenoxy) is 1. The van der Waals surface area contributed by atoms with E-state index in [9.17, 15) is 13.0 Å². The highest BCUT2D eigenvalue weighted by Crippen LogP contribution is 2.33. The van der Waals surface area contributed by atoms with E-state index in [2.05, 4.69) is 20.2 Å². The van der Waals surface area contributed by atoms with E-state index >= 15 is 0 Å². The molecular formula is C19H14Cl2F2N4O2S. The van der Waals surface area contributed by atoms with Crippen LogP contribution in [0.4, 0.5) is 8.78 Å². The van der Waals surface area contributed by atoms with Gasteiger partial charge in [0.2, 0.25) is 0 Å². The number of hydrogen-bond acceptors (Lipinski definition) is 5. The van der Waals surface area contributed by atoms with Crippen LogP contribution in [0.15, 0.2) is 47.5 Å². The summed E-state index contributed by atoms with van der Waals surface area (Å²) in [5.41, 5.74) is 1.23. The molecular weight excluding hydrogens is 457 g/mol. The summed E-state index contributed by atoms with van der Waals surface area (Å²) in [7, 11) is 3.93. The molecule has 1 atom stereocenters. The van der Waals surface area contributed by atoms with E-state index in [0.717, 1.165) is 12.1 Å². The summed E-state index contributed by atoms with van der Waals surface area (Å²) in [5, 5.41) is 7.75. The normalized spacial score (nSPS) is 11.7. The lowest BCUT2D eigenvalue weighted by Gasteiger charge is -2.06. The first-order chi connectivity index (χ1) is 14.4. The van der Waals surface area contributed by atoms with Crippen molar-refractivity contribution in [2.24, 2.45) is 0 Å². The highest BCUT2D eigenvalue weighted by Gasteiger charge is 2.16. The van der Waals surface area contributed by atoms with Gasteiger partial charge in [-0.1, -0.05) is 25.4 Å². The van der Waals surface area contributed by atoms with Crippen molar-refractivity contribution in [3.05, 3.63) is 59.3 Å². The van der Waals surface area contributed by atoms with Gasteiger partial charge in [-0.2, -0.15) is 10.1 Å². The van der Waals surface area contributed by atoms with E-state index in [-0.39, 0.29) is 17.4 Å². The number of nitrogens with one attached hydrogen (secondary N) is 1. The minimum atomic E-state index is -1.71. The van der Waals surface area contributed by atoms with Gasteiger partial charge >= 0.3 is 6.01 Å². The number of rotatable bonds is 4. The Labute approximate surface area is 182 Å². The summed E-state index contributed by atoms with van der Waals surface area (Å²) in [6.07, 6.45) is 1.42. The fraction of sp³-hybridized carbons (Fsp3) is 0.105. The van der Waals surface area contributed by atoms with Crippen LogP contribution in [0.3, 0.4) is 0 Å². The monoisotopic (exact) mass is 470 g/mol. The molecule has 6 nitrogen and oxygen atoms in total. The van der Waals surface area contributed by atoms with Crippen LogP contribution in [0.5, 0.6) is 11.8 Å². The van der Waals surface area contributed by atoms with Gasteiger partial charge in [0.15, 0.2) is 17.2 Å². The van der Waals surface area contributed by atoms with Gasteiger partial charge in [0.25, 0.3) is 0 Å². The van der Waals surface area contributed by atoms with Gasteiger partial charge in [-0.05, 0) is 41.0 Å². The van der Waals surface area contributed by atoms with Crippen molar-refractivity contribution in [3.8, 4) is 23.0 Å². The molecule has 0 amide bonds. The summed E-state index contributed by atoms with van der Waals surface area (Å²) in [5.74, 6) is -1.84. The third kappa shape index (κ3) is 4.58. The molecule has 4 aromatic rings. The molecule has 1 unspecified atom stereocenters. The maximum atomic E-state index is 13.7. The fourth-order valence-electron chi connectivity index (χ4n) is 2.49. The van der Waals surface area contributed by atoms with Crippen molar-refractivity contribution in [1.29, 1.82) is 0 Å². The first-order valence-electron chi connectivity index (χ1n) is 8.64. The molecule has 30 heavy (non-hydrogen) atoms. The number of halogens is 4. The SMILES string of the molecule is CC.O=S(Cl)c1ccc(Cl)c(-c2[nH]nc3nc(Oc4ccc(F)cc4F)ncc23)c1. The molecule has 0 spiro atoms. The van der Waals surface area contributed by atoms with Gasteiger partial charge in [-0.3, -0.25) is 5.10 Å². The quantitative estimate of drug-likeness (QED) is 0.368. The zero-order chi connectivity index (χ0) is 21.8. The van der Waals surface area contributed by atoms with Crippen LogP contribution in [-0.4, -0.2) is 24.4 Å². The summed E-state index contributed by atoms with van der Waals surface area (Å²) in [6, 6.07) is 7.39. The largest absolute Gasteiger partial charge is 0.421 e. The third-order valence-electron chi connectivity index (χ3n) is 3.78. The second-order valence-corrected chi connectivity index (χ2v) is 7.70. The third-order valence-corrected chi connectivity index (χ3v) is 5.27. The van der Waals surface area contributed by atoms with Gasteiger partial charge in [0.1, 0.15) is 15.8 Å². The Hall–Kier alpha value is -2.62. The first-order valence-corrected chi connectivity index (χ1v) is 11.0. The minimum absolute atomic E-state index is 0.169. The van der Waals surface area contributed by atoms with E-state index < -0.39 is 21.6 Å². The number of benzene rings is 2. The van der Waals surface area contributed by atoms with E-state index in [0.29, 0.717) is 32.6 Å². The Morgan fingerprint density at radius 1 is 1.13 bits per heavy atom. The summed E-state index contributed by atoms with van der Waals surface area (Å²) in [6.45, 7) is 4.00. The molecule has 2 heterocycles. The maximum absolute atomic E-state index is 13.7. The highest BCUT2D eigenvalue weighted by atomic mass is 35.7. The molecule has 0 aliphatic carbocycles. The molecule has 0 saturated heterocycles. The lowest BCUT2D eigenvalue weighted by atomic mass is 10.1. The number of hydrogen-bond donors (Lipinski definition) is 1. The maximum Gasteiger partial charge on any atom is 0.324 e. The number of aromatic amines is 1. The van der Waals surface area contributed by atoms with Crippen LogP contribution in [0, 0.1) is 11.6 Å². The molecule has 0 bridgehead atoms. The average Bonchev–Trinajstić information content (AvgIpc) is 3.15. The van der Waals surface area contributed by atoms with Crippen molar-refractivity contribution in [3.63, 3.8) is 0 Å². The van der Waals surface area contributed by atoms with E-state index in [4.69, 9.17) is 27.0 Å². The average molecular weight is 471 g/mol. The van der Waals surface area contributed by atoms with Gasteiger partial charge in [-0.15, -0.1) is 0 Å². The van der Waals surface area contributed by atoms with Crippen molar-refractivity contribution in [2.75, 3.05) is 0 Å². The van der Waals surface area contributed by atoms with Crippen molar-refractivity contribution in [2.45, 2.75) is 18.7 Å². The van der Waals surface area contributed by atoms with Crippen molar-refractivity contribution >= 4 is 43.3 Å². The highest BCUT2D eigenvalue weighted by molar-refractivity contribution is 8.08. The summed E-state index contributed by atoms with van der Waals surface area (Å²) >= 11 is 6.23. The molecule has 0 saturated carbocycles. The number of H-pyrrole nitrogens is 1. The van der Waals surface area contributed by atoms with Gasteiger partial charge in [0.05, 0.1) is 21.0 Å². The van der Waals surface area contributed by atoms with Crippen LogP contribution in [0.2, 0.25) is 5.02 Å². The van der Waals surface area contributed by atoms with E-state index in [1.807, 2.05) is 13.8 Å². The molecule has 2 aromatic heterocycles. The molecule has 0 fully saturated rings. The number of aromatic nitrogens is 4. The lowest BCUT2D eigenvalue weighted by molar-refractivity contribution is 0.409. The zero-order valence-corrected chi connectivity index (χ0v) is 17.9. The van der Waals surface area contributed by atoms with Gasteiger partial charge in [0, 0.05) is 17.8 Å². The molecule has 4 rings (SSSR count). The predicted molar refractivity (Wildman–Crippen MR) is 112 cm³/mol. The topological polar surface area (TPSA) is 80.8 Å². The van der Waals surface area contributed by atoms with E-state index in [1.54, 1.807) is 18.2 Å². The fourth-order valence-corrected chi connectivity index (χ4v) is 3.38. The van der Waals surface area contributed by atoms with Crippen LogP contribution in [0.1, 0.15) is 13.8 Å².